The number of aryl methyl sites for hydroxylation is 1. The largest absolute Gasteiger partial charge is 0.381 e. The van der Waals surface area contributed by atoms with Crippen molar-refractivity contribution in [2.24, 2.45) is 0 Å². The Balaban J connectivity index is 1.65. The molecule has 2 aromatic rings. The predicted octanol–water partition coefficient (Wildman–Crippen LogP) is 2.59. The zero-order chi connectivity index (χ0) is 19.1. The number of hydrogen-bond donors (Lipinski definition) is 1. The van der Waals surface area contributed by atoms with Crippen LogP contribution in [0.3, 0.4) is 0 Å². The highest BCUT2D eigenvalue weighted by Crippen LogP contribution is 2.33. The summed E-state index contributed by atoms with van der Waals surface area (Å²) in [5, 5.41) is 3.07. The van der Waals surface area contributed by atoms with Gasteiger partial charge in [-0.15, -0.1) is 0 Å². The summed E-state index contributed by atoms with van der Waals surface area (Å²) in [6, 6.07) is 11.0. The summed E-state index contributed by atoms with van der Waals surface area (Å²) in [6.45, 7) is 0.943. The van der Waals surface area contributed by atoms with Crippen LogP contribution in [0.25, 0.3) is 0 Å². The molecule has 0 unspecified atom stereocenters. The summed E-state index contributed by atoms with van der Waals surface area (Å²) >= 11 is 0. The summed E-state index contributed by atoms with van der Waals surface area (Å²) in [6.07, 6.45) is 1.50. The third kappa shape index (κ3) is 3.37. The summed E-state index contributed by atoms with van der Waals surface area (Å²) in [7, 11) is -3.22. The molecule has 1 fully saturated rings. The lowest BCUT2D eigenvalue weighted by Gasteiger charge is -2.38. The molecule has 1 amide bonds. The van der Waals surface area contributed by atoms with Gasteiger partial charge in [0.15, 0.2) is 9.84 Å². The number of hydrogen-bond acceptors (Lipinski definition) is 4. The molecular weight excluding hydrogens is 369 g/mol. The van der Waals surface area contributed by atoms with Gasteiger partial charge >= 0.3 is 0 Å². The molecule has 4 rings (SSSR count). The van der Waals surface area contributed by atoms with Gasteiger partial charge in [0.1, 0.15) is 5.82 Å². The van der Waals surface area contributed by atoms with E-state index in [4.69, 9.17) is 4.74 Å². The molecule has 2 aromatic carbocycles. The van der Waals surface area contributed by atoms with E-state index in [2.05, 4.69) is 5.32 Å². The van der Waals surface area contributed by atoms with Gasteiger partial charge < -0.3 is 10.1 Å². The first-order valence-corrected chi connectivity index (χ1v) is 10.6. The van der Waals surface area contributed by atoms with Crippen molar-refractivity contribution in [1.29, 1.82) is 0 Å². The van der Waals surface area contributed by atoms with Crippen LogP contribution in [0.2, 0.25) is 0 Å². The molecule has 0 aliphatic carbocycles. The predicted molar refractivity (Wildman–Crippen MR) is 97.8 cm³/mol. The van der Waals surface area contributed by atoms with Gasteiger partial charge in [0.05, 0.1) is 16.2 Å². The molecule has 1 saturated heterocycles. The maximum atomic E-state index is 13.8. The summed E-state index contributed by atoms with van der Waals surface area (Å²) in [5.74, 6) is -0.568. The van der Waals surface area contributed by atoms with Gasteiger partial charge in [-0.2, -0.15) is 0 Å². The minimum absolute atomic E-state index is 0.0813. The first-order chi connectivity index (χ1) is 12.9. The molecule has 0 spiro atoms. The van der Waals surface area contributed by atoms with Crippen LogP contribution < -0.4 is 5.32 Å². The fourth-order valence-corrected chi connectivity index (χ4v) is 5.40. The number of halogens is 1. The van der Waals surface area contributed by atoms with Crippen molar-refractivity contribution in [3.63, 3.8) is 0 Å². The van der Waals surface area contributed by atoms with Gasteiger partial charge in [0.25, 0.3) is 5.91 Å². The van der Waals surface area contributed by atoms with Crippen LogP contribution in [-0.4, -0.2) is 33.3 Å². The molecule has 0 bridgehead atoms. The molecule has 0 saturated carbocycles. The Morgan fingerprint density at radius 2 is 1.89 bits per heavy atom. The molecule has 7 heteroatoms. The molecule has 1 N–H and O–H groups in total. The van der Waals surface area contributed by atoms with E-state index in [1.165, 1.54) is 24.3 Å². The van der Waals surface area contributed by atoms with E-state index in [9.17, 15) is 17.6 Å². The van der Waals surface area contributed by atoms with Crippen molar-refractivity contribution in [1.82, 2.24) is 5.32 Å². The van der Waals surface area contributed by atoms with Crippen LogP contribution in [0.4, 0.5) is 4.39 Å². The Morgan fingerprint density at radius 3 is 2.63 bits per heavy atom. The quantitative estimate of drug-likeness (QED) is 0.876. The Kier molecular flexibility index (Phi) is 4.52. The van der Waals surface area contributed by atoms with Crippen molar-refractivity contribution in [3.05, 3.63) is 65.0 Å². The minimum Gasteiger partial charge on any atom is -0.381 e. The highest BCUT2D eigenvalue weighted by molar-refractivity contribution is 7.91. The van der Waals surface area contributed by atoms with Crippen LogP contribution in [0.1, 0.15) is 34.3 Å². The zero-order valence-corrected chi connectivity index (χ0v) is 15.5. The topological polar surface area (TPSA) is 72.5 Å². The van der Waals surface area contributed by atoms with Crippen molar-refractivity contribution in [3.8, 4) is 0 Å². The third-order valence-corrected chi connectivity index (χ3v) is 7.18. The van der Waals surface area contributed by atoms with Crippen molar-refractivity contribution < 1.29 is 22.3 Å². The van der Waals surface area contributed by atoms with Gasteiger partial charge in [-0.1, -0.05) is 12.1 Å². The number of carbonyl (C=O) groups excluding carboxylic acids is 1. The smallest absolute Gasteiger partial charge is 0.251 e. The SMILES string of the molecule is O=C(NC1(c2cccc(F)c2)CCOCC1)c1ccc2c(c1)CCS2(=O)=O. The fourth-order valence-electron chi connectivity index (χ4n) is 3.86. The number of amides is 1. The lowest BCUT2D eigenvalue weighted by molar-refractivity contribution is 0.0344. The van der Waals surface area contributed by atoms with E-state index in [0.29, 0.717) is 54.1 Å². The lowest BCUT2D eigenvalue weighted by Crippen LogP contribution is -2.49. The van der Waals surface area contributed by atoms with Gasteiger partial charge in [0.2, 0.25) is 0 Å². The lowest BCUT2D eigenvalue weighted by atomic mass is 9.82. The number of fused-ring (bicyclic) bond motifs is 1. The minimum atomic E-state index is -3.22. The number of nitrogens with one attached hydrogen (secondary N) is 1. The van der Waals surface area contributed by atoms with Gasteiger partial charge in [-0.25, -0.2) is 12.8 Å². The average Bonchev–Trinajstić information content (AvgIpc) is 2.97. The second-order valence-electron chi connectivity index (χ2n) is 7.05. The van der Waals surface area contributed by atoms with Crippen LogP contribution in [0.15, 0.2) is 47.4 Å². The number of benzene rings is 2. The van der Waals surface area contributed by atoms with Crippen molar-refractivity contribution in [2.45, 2.75) is 29.7 Å². The van der Waals surface area contributed by atoms with E-state index >= 15 is 0 Å². The first-order valence-electron chi connectivity index (χ1n) is 8.92. The van der Waals surface area contributed by atoms with Gasteiger partial charge in [0, 0.05) is 18.8 Å². The molecule has 5 nitrogen and oxygen atoms in total. The van der Waals surface area contributed by atoms with Crippen molar-refractivity contribution in [2.75, 3.05) is 19.0 Å². The van der Waals surface area contributed by atoms with E-state index in [0.717, 1.165) is 0 Å². The van der Waals surface area contributed by atoms with Crippen LogP contribution >= 0.6 is 0 Å². The Hall–Kier alpha value is -2.25. The Morgan fingerprint density at radius 1 is 1.11 bits per heavy atom. The molecular formula is C20H20FNO4S. The Bertz CT molecular complexity index is 997. The summed E-state index contributed by atoms with van der Waals surface area (Å²) in [4.78, 5) is 13.3. The van der Waals surface area contributed by atoms with E-state index in [1.54, 1.807) is 12.1 Å². The maximum Gasteiger partial charge on any atom is 0.251 e. The maximum absolute atomic E-state index is 13.8. The molecule has 2 heterocycles. The standard InChI is InChI=1S/C20H20FNO4S/c21-17-3-1-2-16(13-17)20(7-9-26-10-8-20)22-19(23)15-4-5-18-14(12-15)6-11-27(18,24)25/h1-5,12-13H,6-11H2,(H,22,23). The third-order valence-electron chi connectivity index (χ3n) is 5.37. The number of rotatable bonds is 3. The molecule has 2 aliphatic heterocycles. The summed E-state index contributed by atoms with van der Waals surface area (Å²) < 4.78 is 43.1. The fraction of sp³-hybridized carbons (Fsp3) is 0.350. The second kappa shape index (κ2) is 6.73. The van der Waals surface area contributed by atoms with Crippen molar-refractivity contribution >= 4 is 15.7 Å². The highest BCUT2D eigenvalue weighted by atomic mass is 32.2. The molecule has 0 atom stereocenters. The Labute approximate surface area is 157 Å². The molecule has 142 valence electrons. The zero-order valence-electron chi connectivity index (χ0n) is 14.7. The molecule has 27 heavy (non-hydrogen) atoms. The average molecular weight is 389 g/mol. The highest BCUT2D eigenvalue weighted by Gasteiger charge is 2.37. The monoisotopic (exact) mass is 389 g/mol. The van der Waals surface area contributed by atoms with Crippen LogP contribution in [0.5, 0.6) is 0 Å². The van der Waals surface area contributed by atoms with Crippen LogP contribution in [0, 0.1) is 5.82 Å². The summed E-state index contributed by atoms with van der Waals surface area (Å²) in [5.41, 5.74) is 1.09. The van der Waals surface area contributed by atoms with Crippen LogP contribution in [-0.2, 0) is 26.5 Å². The second-order valence-corrected chi connectivity index (χ2v) is 9.13. The molecule has 0 radical (unpaired) electrons. The van der Waals surface area contributed by atoms with E-state index in [1.807, 2.05) is 6.07 Å². The number of sulfone groups is 1. The number of ether oxygens (including phenoxy) is 1. The normalized spacial score (nSPS) is 20.0. The van der Waals surface area contributed by atoms with E-state index < -0.39 is 15.4 Å². The molecule has 0 aromatic heterocycles. The van der Waals surface area contributed by atoms with Gasteiger partial charge in [-0.3, -0.25) is 4.79 Å². The first kappa shape index (κ1) is 18.1. The van der Waals surface area contributed by atoms with Gasteiger partial charge in [-0.05, 0) is 60.7 Å². The molecule has 2 aliphatic rings. The number of carbonyl (C=O) groups is 1. The van der Waals surface area contributed by atoms with E-state index in [-0.39, 0.29) is 17.5 Å².